The van der Waals surface area contributed by atoms with Crippen LogP contribution < -0.4 is 10.1 Å². The van der Waals surface area contributed by atoms with Gasteiger partial charge in [-0.25, -0.2) is 4.39 Å². The molecule has 8 heteroatoms. The molecular weight excluding hydrogens is 416 g/mol. The zero-order chi connectivity index (χ0) is 19.2. The molecule has 0 aromatic heterocycles. The first-order chi connectivity index (χ1) is 13.1. The summed E-state index contributed by atoms with van der Waals surface area (Å²) in [7, 11) is 1.61. The van der Waals surface area contributed by atoms with E-state index in [1.165, 1.54) is 25.0 Å². The summed E-state index contributed by atoms with van der Waals surface area (Å²) in [5.74, 6) is 1.87. The summed E-state index contributed by atoms with van der Waals surface area (Å²) in [4.78, 5) is 16.9. The third-order valence-corrected chi connectivity index (χ3v) is 6.05. The molecule has 1 N–H and O–H groups in total. The predicted octanol–water partition coefficient (Wildman–Crippen LogP) is 3.35. The molecule has 3 rings (SSSR count). The molecule has 2 fully saturated rings. The van der Waals surface area contributed by atoms with Gasteiger partial charge in [-0.3, -0.25) is 9.69 Å². The molecule has 0 saturated carbocycles. The third kappa shape index (κ3) is 7.28. The summed E-state index contributed by atoms with van der Waals surface area (Å²) in [6.45, 7) is 8.14. The molecule has 166 valence electrons. The highest BCUT2D eigenvalue weighted by atomic mass is 35.5. The van der Waals surface area contributed by atoms with Crippen LogP contribution in [-0.4, -0.2) is 62.1 Å². The monoisotopic (exact) mass is 449 g/mol. The fourth-order valence-electron chi connectivity index (χ4n) is 4.25. The van der Waals surface area contributed by atoms with Crippen LogP contribution in [0.4, 0.5) is 4.39 Å². The van der Waals surface area contributed by atoms with Crippen LogP contribution in [0.5, 0.6) is 5.75 Å². The maximum absolute atomic E-state index is 13.5. The van der Waals surface area contributed by atoms with Crippen molar-refractivity contribution in [3.63, 3.8) is 0 Å². The minimum absolute atomic E-state index is 0. The Morgan fingerprint density at radius 3 is 2.48 bits per heavy atom. The maximum atomic E-state index is 13.5. The van der Waals surface area contributed by atoms with Gasteiger partial charge in [0, 0.05) is 44.7 Å². The number of nitrogens with zero attached hydrogens (tertiary/aromatic N) is 2. The first-order valence-corrected chi connectivity index (χ1v) is 10.1. The van der Waals surface area contributed by atoms with E-state index < -0.39 is 0 Å². The van der Waals surface area contributed by atoms with Crippen molar-refractivity contribution >= 4 is 30.7 Å². The maximum Gasteiger partial charge on any atom is 0.222 e. The van der Waals surface area contributed by atoms with Crippen LogP contribution in [0.3, 0.4) is 0 Å². The van der Waals surface area contributed by atoms with Crippen molar-refractivity contribution < 1.29 is 13.9 Å². The van der Waals surface area contributed by atoms with Crippen molar-refractivity contribution in [1.82, 2.24) is 15.1 Å². The van der Waals surface area contributed by atoms with Crippen molar-refractivity contribution in [2.75, 3.05) is 46.4 Å². The summed E-state index contributed by atoms with van der Waals surface area (Å²) in [5.41, 5.74) is 0.858. The number of benzene rings is 1. The van der Waals surface area contributed by atoms with Crippen molar-refractivity contribution in [3.05, 3.63) is 29.6 Å². The molecule has 2 aliphatic rings. The summed E-state index contributed by atoms with van der Waals surface area (Å²) in [5, 5.41) is 3.39. The topological polar surface area (TPSA) is 44.8 Å². The number of carbonyl (C=O) groups excluding carboxylic acids is 1. The average molecular weight is 450 g/mol. The molecule has 1 unspecified atom stereocenters. The van der Waals surface area contributed by atoms with Crippen molar-refractivity contribution in [3.8, 4) is 5.75 Å². The van der Waals surface area contributed by atoms with E-state index in [-0.39, 0.29) is 36.5 Å². The van der Waals surface area contributed by atoms with E-state index in [0.29, 0.717) is 30.6 Å². The van der Waals surface area contributed by atoms with Crippen LogP contribution in [0.2, 0.25) is 0 Å². The molecule has 1 atom stereocenters. The van der Waals surface area contributed by atoms with Gasteiger partial charge in [0.25, 0.3) is 0 Å². The summed E-state index contributed by atoms with van der Waals surface area (Å²) in [6.07, 6.45) is 3.01. The second kappa shape index (κ2) is 12.6. The van der Waals surface area contributed by atoms with Crippen LogP contribution in [-0.2, 0) is 11.3 Å². The number of hydrogen-bond acceptors (Lipinski definition) is 4. The first-order valence-electron chi connectivity index (χ1n) is 10.1. The van der Waals surface area contributed by atoms with Gasteiger partial charge >= 0.3 is 0 Å². The van der Waals surface area contributed by atoms with E-state index >= 15 is 0 Å². The third-order valence-electron chi connectivity index (χ3n) is 6.05. The molecule has 0 bridgehead atoms. The van der Waals surface area contributed by atoms with Gasteiger partial charge in [-0.05, 0) is 56.0 Å². The predicted molar refractivity (Wildman–Crippen MR) is 119 cm³/mol. The lowest BCUT2D eigenvalue weighted by Crippen LogP contribution is -2.48. The molecule has 0 radical (unpaired) electrons. The van der Waals surface area contributed by atoms with Gasteiger partial charge in [-0.1, -0.05) is 6.92 Å². The summed E-state index contributed by atoms with van der Waals surface area (Å²) < 4.78 is 18.9. The van der Waals surface area contributed by atoms with E-state index in [1.54, 1.807) is 13.2 Å². The van der Waals surface area contributed by atoms with E-state index in [9.17, 15) is 9.18 Å². The first kappa shape index (κ1) is 26.0. The molecule has 0 aliphatic carbocycles. The zero-order valence-corrected chi connectivity index (χ0v) is 19.0. The molecule has 1 amide bonds. The van der Waals surface area contributed by atoms with Crippen LogP contribution in [0.25, 0.3) is 0 Å². The van der Waals surface area contributed by atoms with Gasteiger partial charge in [0.2, 0.25) is 5.91 Å². The minimum Gasteiger partial charge on any atom is -0.496 e. The highest BCUT2D eigenvalue weighted by molar-refractivity contribution is 5.85. The molecule has 1 aromatic rings. The summed E-state index contributed by atoms with van der Waals surface area (Å²) >= 11 is 0. The molecular formula is C21H34Cl2FN3O2. The van der Waals surface area contributed by atoms with E-state index in [1.807, 2.05) is 4.90 Å². The molecule has 2 heterocycles. The van der Waals surface area contributed by atoms with Crippen molar-refractivity contribution in [1.29, 1.82) is 0 Å². The number of methoxy groups -OCH3 is 1. The van der Waals surface area contributed by atoms with E-state index in [2.05, 4.69) is 17.1 Å². The molecule has 29 heavy (non-hydrogen) atoms. The lowest BCUT2D eigenvalue weighted by atomic mass is 9.84. The normalized spacial score (nSPS) is 19.1. The molecule has 0 spiro atoms. The molecule has 5 nitrogen and oxygen atoms in total. The fraction of sp³-hybridized carbons (Fsp3) is 0.667. The smallest absolute Gasteiger partial charge is 0.222 e. The second-order valence-electron chi connectivity index (χ2n) is 7.88. The van der Waals surface area contributed by atoms with Crippen molar-refractivity contribution in [2.24, 2.45) is 11.8 Å². The standard InChI is InChI=1S/C21H32FN3O2.2ClH/c1-16(17-5-7-23-8-6-17)13-21(26)25-11-9-24(10-12-25)15-18-14-19(22)3-4-20(18)27-2;;/h3-4,14,16-17,23H,5-13,15H2,1-2H3;2*1H. The Bertz CT molecular complexity index is 636. The Labute approximate surface area is 186 Å². The number of hydrogen-bond donors (Lipinski definition) is 1. The largest absolute Gasteiger partial charge is 0.496 e. The number of carbonyl (C=O) groups is 1. The number of rotatable bonds is 6. The highest BCUT2D eigenvalue weighted by Crippen LogP contribution is 2.26. The van der Waals surface area contributed by atoms with Gasteiger partial charge in [0.15, 0.2) is 0 Å². The van der Waals surface area contributed by atoms with Gasteiger partial charge in [-0.2, -0.15) is 0 Å². The summed E-state index contributed by atoms with van der Waals surface area (Å²) in [6, 6.07) is 4.63. The van der Waals surface area contributed by atoms with Crippen molar-refractivity contribution in [2.45, 2.75) is 32.7 Å². The average Bonchev–Trinajstić information content (AvgIpc) is 2.69. The Hall–Kier alpha value is -1.08. The Morgan fingerprint density at radius 2 is 1.86 bits per heavy atom. The van der Waals surface area contributed by atoms with Crippen LogP contribution in [0.15, 0.2) is 18.2 Å². The zero-order valence-electron chi connectivity index (χ0n) is 17.4. The quantitative estimate of drug-likeness (QED) is 0.722. The Balaban J connectivity index is 0.00000210. The fourth-order valence-corrected chi connectivity index (χ4v) is 4.25. The molecule has 1 aromatic carbocycles. The van der Waals surface area contributed by atoms with E-state index in [4.69, 9.17) is 4.74 Å². The number of ether oxygens (including phenoxy) is 1. The lowest BCUT2D eigenvalue weighted by Gasteiger charge is -2.36. The minimum atomic E-state index is -0.244. The SMILES string of the molecule is COc1ccc(F)cc1CN1CCN(C(=O)CC(C)C2CCNCC2)CC1.Cl.Cl. The lowest BCUT2D eigenvalue weighted by molar-refractivity contribution is -0.134. The van der Waals surface area contributed by atoms with Gasteiger partial charge in [-0.15, -0.1) is 24.8 Å². The Morgan fingerprint density at radius 1 is 1.21 bits per heavy atom. The number of piperazine rings is 1. The Kier molecular flexibility index (Phi) is 11.3. The highest BCUT2D eigenvalue weighted by Gasteiger charge is 2.26. The van der Waals surface area contributed by atoms with Gasteiger partial charge < -0.3 is 15.0 Å². The van der Waals surface area contributed by atoms with Crippen LogP contribution in [0, 0.1) is 17.7 Å². The van der Waals surface area contributed by atoms with Crippen LogP contribution in [0.1, 0.15) is 31.7 Å². The second-order valence-corrected chi connectivity index (χ2v) is 7.88. The molecule has 2 aliphatic heterocycles. The number of amides is 1. The number of piperidine rings is 1. The number of halogens is 3. The van der Waals surface area contributed by atoms with Crippen LogP contribution >= 0.6 is 24.8 Å². The number of nitrogens with one attached hydrogen (secondary N) is 1. The van der Waals surface area contributed by atoms with Gasteiger partial charge in [0.1, 0.15) is 11.6 Å². The molecule has 2 saturated heterocycles. The van der Waals surface area contributed by atoms with Gasteiger partial charge in [0.05, 0.1) is 7.11 Å². The van der Waals surface area contributed by atoms with E-state index in [0.717, 1.165) is 44.8 Å².